The number of anilines is 1. The van der Waals surface area contributed by atoms with Gasteiger partial charge in [0.2, 0.25) is 5.91 Å². The van der Waals surface area contributed by atoms with E-state index in [4.69, 9.17) is 4.42 Å². The van der Waals surface area contributed by atoms with E-state index < -0.39 is 17.6 Å². The van der Waals surface area contributed by atoms with Crippen LogP contribution in [0.5, 0.6) is 0 Å². The average Bonchev–Trinajstić information content (AvgIpc) is 2.86. The van der Waals surface area contributed by atoms with Crippen LogP contribution in [0, 0.1) is 6.92 Å². The molecule has 0 unspecified atom stereocenters. The first-order chi connectivity index (χ1) is 11.3. The maximum Gasteiger partial charge on any atom is 0.416 e. The Balaban J connectivity index is 1.72. The molecular formula is C17H13F3N2O2. The molecular weight excluding hydrogens is 321 g/mol. The lowest BCUT2D eigenvalue weighted by molar-refractivity contribution is -0.137. The van der Waals surface area contributed by atoms with E-state index in [1.165, 1.54) is 12.1 Å². The lowest BCUT2D eigenvalue weighted by Gasteiger charge is -2.10. The van der Waals surface area contributed by atoms with Gasteiger partial charge in [0.1, 0.15) is 5.52 Å². The van der Waals surface area contributed by atoms with Crippen molar-refractivity contribution >= 4 is 22.7 Å². The summed E-state index contributed by atoms with van der Waals surface area (Å²) in [5.74, 6) is 0.115. The van der Waals surface area contributed by atoms with E-state index in [2.05, 4.69) is 10.3 Å². The Morgan fingerprint density at radius 2 is 2.00 bits per heavy atom. The van der Waals surface area contributed by atoms with Crippen LogP contribution in [0.15, 0.2) is 46.9 Å². The molecule has 1 N–H and O–H groups in total. The van der Waals surface area contributed by atoms with Gasteiger partial charge in [0.25, 0.3) is 0 Å². The van der Waals surface area contributed by atoms with Crippen LogP contribution in [0.3, 0.4) is 0 Å². The van der Waals surface area contributed by atoms with Gasteiger partial charge in [-0.3, -0.25) is 4.79 Å². The molecule has 0 saturated heterocycles. The summed E-state index contributed by atoms with van der Waals surface area (Å²) < 4.78 is 43.4. The number of aromatic nitrogens is 1. The molecule has 0 fully saturated rings. The van der Waals surface area contributed by atoms with Crippen molar-refractivity contribution in [3.8, 4) is 0 Å². The van der Waals surface area contributed by atoms with Crippen LogP contribution in [0.4, 0.5) is 18.9 Å². The third kappa shape index (κ3) is 3.56. The summed E-state index contributed by atoms with van der Waals surface area (Å²) in [7, 11) is 0. The van der Waals surface area contributed by atoms with Gasteiger partial charge in [-0.1, -0.05) is 12.1 Å². The van der Waals surface area contributed by atoms with E-state index in [-0.39, 0.29) is 12.1 Å². The normalized spacial score (nSPS) is 11.7. The topological polar surface area (TPSA) is 55.1 Å². The zero-order valence-electron chi connectivity index (χ0n) is 12.6. The number of nitrogens with zero attached hydrogens (tertiary/aromatic N) is 1. The van der Waals surface area contributed by atoms with Crippen LogP contribution in [-0.4, -0.2) is 10.9 Å². The predicted molar refractivity (Wildman–Crippen MR) is 82.5 cm³/mol. The Morgan fingerprint density at radius 1 is 1.21 bits per heavy atom. The van der Waals surface area contributed by atoms with Crippen molar-refractivity contribution in [2.24, 2.45) is 0 Å². The number of aryl methyl sites for hydroxylation is 1. The fourth-order valence-corrected chi connectivity index (χ4v) is 2.36. The molecule has 1 amide bonds. The highest BCUT2D eigenvalue weighted by Gasteiger charge is 2.30. The molecule has 0 aliphatic rings. The summed E-state index contributed by atoms with van der Waals surface area (Å²) in [5.41, 5.74) is 1.25. The highest BCUT2D eigenvalue weighted by molar-refractivity contribution is 5.92. The molecule has 0 saturated carbocycles. The van der Waals surface area contributed by atoms with E-state index in [1.54, 1.807) is 25.1 Å². The number of nitrogens with one attached hydrogen (secondary N) is 1. The van der Waals surface area contributed by atoms with Gasteiger partial charge >= 0.3 is 6.18 Å². The second kappa shape index (κ2) is 5.99. The molecule has 0 bridgehead atoms. The molecule has 3 aromatic rings. The molecule has 0 radical (unpaired) electrons. The first kappa shape index (κ1) is 16.0. The smallest absolute Gasteiger partial charge is 0.416 e. The van der Waals surface area contributed by atoms with E-state index in [9.17, 15) is 18.0 Å². The molecule has 1 heterocycles. The molecule has 0 atom stereocenters. The van der Waals surface area contributed by atoms with Crippen molar-refractivity contribution in [1.82, 2.24) is 4.98 Å². The SMILES string of the molecule is Cc1nc2cc(CC(=O)Nc3cccc(C(F)(F)F)c3)ccc2o1. The third-order valence-electron chi connectivity index (χ3n) is 3.40. The number of oxazole rings is 1. The number of hydrogen-bond acceptors (Lipinski definition) is 3. The first-order valence-corrected chi connectivity index (χ1v) is 7.14. The van der Waals surface area contributed by atoms with Crippen molar-refractivity contribution < 1.29 is 22.4 Å². The Morgan fingerprint density at radius 3 is 2.75 bits per heavy atom. The number of rotatable bonds is 3. The monoisotopic (exact) mass is 334 g/mol. The minimum Gasteiger partial charge on any atom is -0.441 e. The van der Waals surface area contributed by atoms with Crippen LogP contribution in [0.1, 0.15) is 17.0 Å². The molecule has 124 valence electrons. The fraction of sp³-hybridized carbons (Fsp3) is 0.176. The molecule has 0 spiro atoms. The van der Waals surface area contributed by atoms with Gasteiger partial charge in [-0.25, -0.2) is 4.98 Å². The van der Waals surface area contributed by atoms with Crippen molar-refractivity contribution in [3.63, 3.8) is 0 Å². The number of benzene rings is 2. The number of carbonyl (C=O) groups is 1. The second-order valence-corrected chi connectivity index (χ2v) is 5.34. The zero-order chi connectivity index (χ0) is 17.3. The number of fused-ring (bicyclic) bond motifs is 1. The molecule has 4 nitrogen and oxygen atoms in total. The lowest BCUT2D eigenvalue weighted by atomic mass is 10.1. The zero-order valence-corrected chi connectivity index (χ0v) is 12.6. The van der Waals surface area contributed by atoms with Crippen molar-refractivity contribution in [2.75, 3.05) is 5.32 Å². The van der Waals surface area contributed by atoms with Crippen LogP contribution in [0.2, 0.25) is 0 Å². The molecule has 1 aromatic heterocycles. The number of alkyl halides is 3. The van der Waals surface area contributed by atoms with Crippen LogP contribution in [0.25, 0.3) is 11.1 Å². The number of carbonyl (C=O) groups excluding carboxylic acids is 1. The standard InChI is InChI=1S/C17H13F3N2O2/c1-10-21-14-7-11(5-6-15(14)24-10)8-16(23)22-13-4-2-3-12(9-13)17(18,19)20/h2-7,9H,8H2,1H3,(H,22,23). The van der Waals surface area contributed by atoms with Gasteiger partial charge < -0.3 is 9.73 Å². The second-order valence-electron chi connectivity index (χ2n) is 5.34. The molecule has 24 heavy (non-hydrogen) atoms. The molecule has 0 aliphatic heterocycles. The van der Waals surface area contributed by atoms with E-state index in [0.717, 1.165) is 12.1 Å². The van der Waals surface area contributed by atoms with Gasteiger partial charge in [-0.05, 0) is 35.9 Å². The molecule has 0 aliphatic carbocycles. The molecule has 2 aromatic carbocycles. The maximum atomic E-state index is 12.7. The summed E-state index contributed by atoms with van der Waals surface area (Å²) in [6, 6.07) is 9.68. The lowest BCUT2D eigenvalue weighted by Crippen LogP contribution is -2.15. The van der Waals surface area contributed by atoms with Gasteiger partial charge in [0.05, 0.1) is 12.0 Å². The quantitative estimate of drug-likeness (QED) is 0.775. The molecule has 7 heteroatoms. The maximum absolute atomic E-state index is 12.7. The Hall–Kier alpha value is -2.83. The summed E-state index contributed by atoms with van der Waals surface area (Å²) in [6.07, 6.45) is -4.42. The third-order valence-corrected chi connectivity index (χ3v) is 3.40. The van der Waals surface area contributed by atoms with Crippen molar-refractivity contribution in [2.45, 2.75) is 19.5 Å². The number of halogens is 3. The Bertz CT molecular complexity index is 900. The van der Waals surface area contributed by atoms with Gasteiger partial charge in [-0.2, -0.15) is 13.2 Å². The highest BCUT2D eigenvalue weighted by atomic mass is 19.4. The predicted octanol–water partition coefficient (Wildman–Crippen LogP) is 4.34. The minimum atomic E-state index is -4.45. The number of hydrogen-bond donors (Lipinski definition) is 1. The van der Waals surface area contributed by atoms with Crippen molar-refractivity contribution in [3.05, 3.63) is 59.5 Å². The fourth-order valence-electron chi connectivity index (χ4n) is 2.36. The Labute approximate surface area is 135 Å². The number of amides is 1. The van der Waals surface area contributed by atoms with Crippen LogP contribution < -0.4 is 5.32 Å². The van der Waals surface area contributed by atoms with Crippen LogP contribution >= 0.6 is 0 Å². The summed E-state index contributed by atoms with van der Waals surface area (Å²) in [6.45, 7) is 1.72. The van der Waals surface area contributed by atoms with Crippen LogP contribution in [-0.2, 0) is 17.4 Å². The van der Waals surface area contributed by atoms with Gasteiger partial charge in [-0.15, -0.1) is 0 Å². The minimum absolute atomic E-state index is 0.0259. The van der Waals surface area contributed by atoms with Gasteiger partial charge in [0, 0.05) is 12.6 Å². The largest absolute Gasteiger partial charge is 0.441 e. The summed E-state index contributed by atoms with van der Waals surface area (Å²) in [5, 5.41) is 2.47. The summed E-state index contributed by atoms with van der Waals surface area (Å²) >= 11 is 0. The first-order valence-electron chi connectivity index (χ1n) is 7.14. The van der Waals surface area contributed by atoms with Gasteiger partial charge in [0.15, 0.2) is 11.5 Å². The van der Waals surface area contributed by atoms with E-state index in [1.807, 2.05) is 0 Å². The van der Waals surface area contributed by atoms with Crippen molar-refractivity contribution in [1.29, 1.82) is 0 Å². The average molecular weight is 334 g/mol. The highest BCUT2D eigenvalue weighted by Crippen LogP contribution is 2.30. The van der Waals surface area contributed by atoms with E-state index >= 15 is 0 Å². The molecule has 3 rings (SSSR count). The van der Waals surface area contributed by atoms with E-state index in [0.29, 0.717) is 22.6 Å². The summed E-state index contributed by atoms with van der Waals surface area (Å²) in [4.78, 5) is 16.2. The Kier molecular flexibility index (Phi) is 4.01.